The van der Waals surface area contributed by atoms with Crippen LogP contribution < -0.4 is 10.1 Å². The van der Waals surface area contributed by atoms with Crippen molar-refractivity contribution in [2.75, 3.05) is 7.11 Å². The first-order chi connectivity index (χ1) is 10.5. The number of aromatic amines is 1. The second-order valence-electron chi connectivity index (χ2n) is 4.72. The van der Waals surface area contributed by atoms with Crippen molar-refractivity contribution in [3.8, 4) is 5.75 Å². The standard InChI is InChI=1S/C15H16N2O5/c1-3-11(15(20)21)17-14(19)13(18)10-7-16-12-6-8(22-2)4-5-9(10)12/h4-7,11,16H,3H2,1-2H3,(H,17,19)(H,20,21). The van der Waals surface area contributed by atoms with Crippen LogP contribution in [0.2, 0.25) is 0 Å². The molecule has 0 radical (unpaired) electrons. The number of ketones is 1. The maximum atomic E-state index is 12.2. The summed E-state index contributed by atoms with van der Waals surface area (Å²) in [5.74, 6) is -2.27. The Morgan fingerprint density at radius 3 is 2.68 bits per heavy atom. The monoisotopic (exact) mass is 304 g/mol. The van der Waals surface area contributed by atoms with Crippen LogP contribution in [0.3, 0.4) is 0 Å². The van der Waals surface area contributed by atoms with E-state index in [4.69, 9.17) is 9.84 Å². The summed E-state index contributed by atoms with van der Waals surface area (Å²) >= 11 is 0. The Morgan fingerprint density at radius 1 is 1.36 bits per heavy atom. The van der Waals surface area contributed by atoms with Crippen molar-refractivity contribution in [1.29, 1.82) is 0 Å². The molecule has 7 heteroatoms. The van der Waals surface area contributed by atoms with Crippen molar-refractivity contribution in [2.45, 2.75) is 19.4 Å². The van der Waals surface area contributed by atoms with Crippen LogP contribution in [0.1, 0.15) is 23.7 Å². The molecule has 0 spiro atoms. The number of amides is 1. The summed E-state index contributed by atoms with van der Waals surface area (Å²) in [6.07, 6.45) is 1.62. The third kappa shape index (κ3) is 2.93. The molecule has 2 aromatic rings. The van der Waals surface area contributed by atoms with E-state index in [9.17, 15) is 14.4 Å². The summed E-state index contributed by atoms with van der Waals surface area (Å²) in [5.41, 5.74) is 0.844. The van der Waals surface area contributed by atoms with Crippen LogP contribution in [0.15, 0.2) is 24.4 Å². The highest BCUT2D eigenvalue weighted by atomic mass is 16.5. The van der Waals surface area contributed by atoms with Crippen molar-refractivity contribution in [3.63, 3.8) is 0 Å². The Morgan fingerprint density at radius 2 is 2.09 bits per heavy atom. The zero-order valence-electron chi connectivity index (χ0n) is 12.2. The van der Waals surface area contributed by atoms with E-state index in [-0.39, 0.29) is 12.0 Å². The van der Waals surface area contributed by atoms with Crippen molar-refractivity contribution in [3.05, 3.63) is 30.0 Å². The van der Waals surface area contributed by atoms with E-state index in [2.05, 4.69) is 10.3 Å². The third-order valence-electron chi connectivity index (χ3n) is 3.35. The molecule has 0 saturated heterocycles. The number of carboxylic acids is 1. The molecule has 1 atom stereocenters. The highest BCUT2D eigenvalue weighted by molar-refractivity contribution is 6.45. The summed E-state index contributed by atoms with van der Waals surface area (Å²) in [4.78, 5) is 37.9. The van der Waals surface area contributed by atoms with E-state index in [1.165, 1.54) is 13.3 Å². The van der Waals surface area contributed by atoms with E-state index >= 15 is 0 Å². The van der Waals surface area contributed by atoms with Gasteiger partial charge in [0.05, 0.1) is 12.7 Å². The van der Waals surface area contributed by atoms with Crippen LogP contribution in [-0.4, -0.2) is 40.9 Å². The lowest BCUT2D eigenvalue weighted by atomic mass is 10.1. The molecule has 0 saturated carbocycles. The Labute approximate surface area is 126 Å². The molecule has 116 valence electrons. The van der Waals surface area contributed by atoms with Crippen molar-refractivity contribution in [1.82, 2.24) is 10.3 Å². The van der Waals surface area contributed by atoms with Crippen LogP contribution >= 0.6 is 0 Å². The van der Waals surface area contributed by atoms with Crippen LogP contribution in [-0.2, 0) is 9.59 Å². The van der Waals surface area contributed by atoms with E-state index < -0.39 is 23.7 Å². The molecule has 0 aliphatic rings. The van der Waals surface area contributed by atoms with Crippen LogP contribution in [0.25, 0.3) is 10.9 Å². The minimum atomic E-state index is -1.17. The van der Waals surface area contributed by atoms with Crippen molar-refractivity contribution >= 4 is 28.6 Å². The Balaban J connectivity index is 2.26. The predicted octanol–water partition coefficient (Wildman–Crippen LogP) is 1.34. The van der Waals surface area contributed by atoms with Gasteiger partial charge in [-0.25, -0.2) is 4.79 Å². The van der Waals surface area contributed by atoms with Gasteiger partial charge in [-0.3, -0.25) is 9.59 Å². The molecule has 22 heavy (non-hydrogen) atoms. The lowest BCUT2D eigenvalue weighted by Crippen LogP contribution is -2.43. The summed E-state index contributed by atoms with van der Waals surface area (Å²) in [7, 11) is 1.53. The summed E-state index contributed by atoms with van der Waals surface area (Å²) in [5, 5.41) is 11.7. The quantitative estimate of drug-likeness (QED) is 0.551. The first kappa shape index (κ1) is 15.6. The van der Waals surface area contributed by atoms with Gasteiger partial charge in [-0.1, -0.05) is 6.92 Å². The Bertz CT molecular complexity index is 735. The molecular weight excluding hydrogens is 288 g/mol. The number of aromatic nitrogens is 1. The topological polar surface area (TPSA) is 108 Å². The second kappa shape index (κ2) is 6.30. The average Bonchev–Trinajstić information content (AvgIpc) is 2.93. The molecule has 1 aromatic heterocycles. The SMILES string of the molecule is CCC(NC(=O)C(=O)c1c[nH]c2cc(OC)ccc12)C(=O)O. The number of carboxylic acid groups (broad SMARTS) is 1. The lowest BCUT2D eigenvalue weighted by molar-refractivity contribution is -0.141. The molecule has 7 nitrogen and oxygen atoms in total. The van der Waals surface area contributed by atoms with E-state index in [0.717, 1.165) is 0 Å². The molecule has 0 aliphatic carbocycles. The van der Waals surface area contributed by atoms with E-state index in [1.807, 2.05) is 0 Å². The fourth-order valence-corrected chi connectivity index (χ4v) is 2.10. The van der Waals surface area contributed by atoms with E-state index in [0.29, 0.717) is 16.7 Å². The normalized spacial score (nSPS) is 11.9. The third-order valence-corrected chi connectivity index (χ3v) is 3.35. The number of hydrogen-bond acceptors (Lipinski definition) is 4. The molecule has 1 amide bonds. The first-order valence-electron chi connectivity index (χ1n) is 6.71. The van der Waals surface area contributed by atoms with Crippen molar-refractivity contribution in [2.24, 2.45) is 0 Å². The molecule has 1 heterocycles. The first-order valence-corrected chi connectivity index (χ1v) is 6.71. The molecule has 3 N–H and O–H groups in total. The molecule has 1 aromatic carbocycles. The number of carbonyl (C=O) groups is 3. The highest BCUT2D eigenvalue weighted by Gasteiger charge is 2.25. The molecular formula is C15H16N2O5. The molecule has 0 fully saturated rings. The van der Waals surface area contributed by atoms with Crippen molar-refractivity contribution < 1.29 is 24.2 Å². The fraction of sp³-hybridized carbons (Fsp3) is 0.267. The van der Waals surface area contributed by atoms with Gasteiger partial charge in [0.2, 0.25) is 0 Å². The summed E-state index contributed by atoms with van der Waals surface area (Å²) < 4.78 is 5.08. The molecule has 2 rings (SSSR count). The maximum Gasteiger partial charge on any atom is 0.326 e. The molecule has 1 unspecified atom stereocenters. The van der Waals surface area contributed by atoms with Gasteiger partial charge in [0.15, 0.2) is 0 Å². The summed E-state index contributed by atoms with van der Waals surface area (Å²) in [6, 6.07) is 3.97. The maximum absolute atomic E-state index is 12.2. The fourth-order valence-electron chi connectivity index (χ4n) is 2.10. The van der Waals surface area contributed by atoms with Gasteiger partial charge in [-0.15, -0.1) is 0 Å². The predicted molar refractivity (Wildman–Crippen MR) is 79.0 cm³/mol. The van der Waals surface area contributed by atoms with Gasteiger partial charge in [0, 0.05) is 23.2 Å². The minimum Gasteiger partial charge on any atom is -0.497 e. The van der Waals surface area contributed by atoms with E-state index in [1.54, 1.807) is 25.1 Å². The largest absolute Gasteiger partial charge is 0.497 e. The number of aliphatic carboxylic acids is 1. The van der Waals surface area contributed by atoms with Gasteiger partial charge in [0.25, 0.3) is 11.7 Å². The average molecular weight is 304 g/mol. The number of carbonyl (C=O) groups excluding carboxylic acids is 2. The van der Waals surface area contributed by atoms with Crippen LogP contribution in [0.4, 0.5) is 0 Å². The smallest absolute Gasteiger partial charge is 0.326 e. The summed E-state index contributed by atoms with van der Waals surface area (Å²) in [6.45, 7) is 1.61. The van der Waals surface area contributed by atoms with Gasteiger partial charge < -0.3 is 20.1 Å². The number of benzene rings is 1. The van der Waals surface area contributed by atoms with Crippen LogP contribution in [0.5, 0.6) is 5.75 Å². The zero-order valence-corrected chi connectivity index (χ0v) is 12.2. The van der Waals surface area contributed by atoms with Gasteiger partial charge in [0.1, 0.15) is 11.8 Å². The van der Waals surface area contributed by atoms with Crippen LogP contribution in [0, 0.1) is 0 Å². The van der Waals surface area contributed by atoms with Gasteiger partial charge >= 0.3 is 5.97 Å². The number of rotatable bonds is 6. The Kier molecular flexibility index (Phi) is 4.45. The lowest BCUT2D eigenvalue weighted by Gasteiger charge is -2.11. The number of hydrogen-bond donors (Lipinski definition) is 3. The number of nitrogens with one attached hydrogen (secondary N) is 2. The number of Topliss-reactive ketones (excluding diaryl/α,β-unsaturated/α-hetero) is 1. The number of fused-ring (bicyclic) bond motifs is 1. The van der Waals surface area contributed by atoms with Gasteiger partial charge in [-0.2, -0.15) is 0 Å². The van der Waals surface area contributed by atoms with Gasteiger partial charge in [-0.05, 0) is 18.6 Å². The molecule has 0 aliphatic heterocycles. The number of methoxy groups -OCH3 is 1. The highest BCUT2D eigenvalue weighted by Crippen LogP contribution is 2.23. The second-order valence-corrected chi connectivity index (χ2v) is 4.72. The number of ether oxygens (including phenoxy) is 1. The number of H-pyrrole nitrogens is 1. The molecule has 0 bridgehead atoms. The Hall–Kier alpha value is -2.83. The minimum absolute atomic E-state index is 0.190. The zero-order chi connectivity index (χ0) is 16.3.